The summed E-state index contributed by atoms with van der Waals surface area (Å²) < 4.78 is 14.1. The molecule has 0 atom stereocenters. The van der Waals surface area contributed by atoms with Crippen molar-refractivity contribution in [1.82, 2.24) is 0 Å². The molecule has 1 spiro atoms. The summed E-state index contributed by atoms with van der Waals surface area (Å²) in [6.07, 6.45) is 0. The van der Waals surface area contributed by atoms with Gasteiger partial charge in [0.05, 0.1) is 39.3 Å². The molecule has 2 aliphatic rings. The molecule has 0 bridgehead atoms. The van der Waals surface area contributed by atoms with E-state index in [-0.39, 0.29) is 17.3 Å². The molecule has 10 aromatic carbocycles. The van der Waals surface area contributed by atoms with Crippen LogP contribution < -0.4 is 9.80 Å². The van der Waals surface area contributed by atoms with Crippen molar-refractivity contribution in [2.45, 2.75) is 64.2 Å². The number of hydrogen-bond donors (Lipinski definition) is 0. The molecular formula is C72H54N4O2. The van der Waals surface area contributed by atoms with E-state index in [0.717, 1.165) is 111 Å². The van der Waals surface area contributed by atoms with Crippen molar-refractivity contribution < 1.29 is 8.83 Å². The standard InChI is InChI=1S/C72H54N4O2/c1-43(2)49-21-15-23-53-55-25-17-33-65(69(55)77-67(49)53)75(63-31-13-7-19-45(63)41-73)47-35-37-51-52-38-36-48(40-62(52)72(61(51)39-47)59-29-11-9-27-57(59)71(5,6)58-28-10-12-30-60(58)72)76(64-32-14-8-20-46(64)42-74)66-34-18-26-56-54-24-16-22-50(44(3)4)68(54)78-70(56)66/h7-40,43-44H,1-6H3. The fourth-order valence-electron chi connectivity index (χ4n) is 13.4. The first-order chi connectivity index (χ1) is 38.0. The number of anilines is 6. The van der Waals surface area contributed by atoms with Gasteiger partial charge in [-0.1, -0.05) is 187 Å². The van der Waals surface area contributed by atoms with Gasteiger partial charge in [0.15, 0.2) is 11.2 Å². The van der Waals surface area contributed by atoms with E-state index < -0.39 is 5.41 Å². The fraction of sp³-hybridized carbons (Fsp3) is 0.139. The highest BCUT2D eigenvalue weighted by atomic mass is 16.3. The lowest BCUT2D eigenvalue weighted by molar-refractivity contribution is 0.563. The van der Waals surface area contributed by atoms with Crippen molar-refractivity contribution in [3.8, 4) is 23.3 Å². The molecule has 0 saturated heterocycles. The SMILES string of the molecule is CC(C)c1cccc2c1oc1c(N(c3ccc4c(c3)C3(c5cc(N(c6ccccc6C#N)c6cccc7c6oc6c(C(C)C)cccc67)ccc5-4)c4ccccc4C(C)(C)c4ccccc43)c3ccccc3C#N)cccc12. The predicted octanol–water partition coefficient (Wildman–Crippen LogP) is 19.4. The fourth-order valence-corrected chi connectivity index (χ4v) is 13.4. The van der Waals surface area contributed by atoms with E-state index in [2.05, 4.69) is 221 Å². The van der Waals surface area contributed by atoms with Crippen LogP contribution in [-0.4, -0.2) is 0 Å². The van der Waals surface area contributed by atoms with Crippen LogP contribution in [0, 0.1) is 22.7 Å². The topological polar surface area (TPSA) is 80.3 Å². The number of hydrogen-bond acceptors (Lipinski definition) is 6. The van der Waals surface area contributed by atoms with Gasteiger partial charge in [-0.25, -0.2) is 0 Å². The van der Waals surface area contributed by atoms with Gasteiger partial charge in [0.1, 0.15) is 23.3 Å². The highest BCUT2D eigenvalue weighted by Crippen LogP contribution is 2.64. The molecule has 12 aromatic rings. The molecule has 6 heteroatoms. The van der Waals surface area contributed by atoms with E-state index in [0.29, 0.717) is 11.1 Å². The van der Waals surface area contributed by atoms with Crippen LogP contribution in [0.2, 0.25) is 0 Å². The summed E-state index contributed by atoms with van der Waals surface area (Å²) in [6.45, 7) is 13.5. The Balaban J connectivity index is 1.07. The average molecular weight is 1010 g/mol. The maximum atomic E-state index is 10.9. The van der Waals surface area contributed by atoms with Crippen LogP contribution in [-0.2, 0) is 10.8 Å². The van der Waals surface area contributed by atoms with Crippen molar-refractivity contribution >= 4 is 78.0 Å². The second kappa shape index (κ2) is 17.5. The Kier molecular flexibility index (Phi) is 10.5. The Morgan fingerprint density at radius 3 is 1.14 bits per heavy atom. The summed E-state index contributed by atoms with van der Waals surface area (Å²) in [5, 5.41) is 25.9. The number of fused-ring (bicyclic) bond motifs is 15. The van der Waals surface area contributed by atoms with Gasteiger partial charge in [0, 0.05) is 38.3 Å². The molecule has 374 valence electrons. The monoisotopic (exact) mass is 1010 g/mol. The summed E-state index contributed by atoms with van der Waals surface area (Å²) in [5.74, 6) is 0.499. The van der Waals surface area contributed by atoms with Crippen LogP contribution in [0.3, 0.4) is 0 Å². The average Bonchev–Trinajstić information content (AvgIpc) is 3.45. The minimum absolute atomic E-state index is 0.250. The zero-order valence-corrected chi connectivity index (χ0v) is 44.4. The van der Waals surface area contributed by atoms with Crippen molar-refractivity contribution in [2.24, 2.45) is 0 Å². The first kappa shape index (κ1) is 46.9. The lowest BCUT2D eigenvalue weighted by atomic mass is 9.55. The molecular weight excluding hydrogens is 953 g/mol. The van der Waals surface area contributed by atoms with Gasteiger partial charge in [0.25, 0.3) is 0 Å². The Labute approximate surface area is 454 Å². The highest BCUT2D eigenvalue weighted by molar-refractivity contribution is 6.13. The number of nitrogens with zero attached hydrogens (tertiary/aromatic N) is 4. The number of para-hydroxylation sites is 6. The van der Waals surface area contributed by atoms with E-state index in [1.165, 1.54) is 22.3 Å². The second-order valence-electron chi connectivity index (χ2n) is 22.1. The van der Waals surface area contributed by atoms with Gasteiger partial charge in [-0.15, -0.1) is 0 Å². The molecule has 0 saturated carbocycles. The maximum absolute atomic E-state index is 10.9. The van der Waals surface area contributed by atoms with Gasteiger partial charge >= 0.3 is 0 Å². The second-order valence-corrected chi connectivity index (χ2v) is 22.1. The van der Waals surface area contributed by atoms with Gasteiger partial charge < -0.3 is 18.6 Å². The molecule has 2 aliphatic carbocycles. The zero-order chi connectivity index (χ0) is 53.2. The number of benzene rings is 10. The van der Waals surface area contributed by atoms with E-state index in [4.69, 9.17) is 8.83 Å². The molecule has 0 N–H and O–H groups in total. The van der Waals surface area contributed by atoms with Crippen LogP contribution in [0.5, 0.6) is 0 Å². The van der Waals surface area contributed by atoms with Gasteiger partial charge in [-0.05, 0) is 128 Å². The maximum Gasteiger partial charge on any atom is 0.159 e. The van der Waals surface area contributed by atoms with E-state index in [1.54, 1.807) is 0 Å². The molecule has 0 fully saturated rings. The predicted molar refractivity (Wildman–Crippen MR) is 317 cm³/mol. The zero-order valence-electron chi connectivity index (χ0n) is 44.4. The Bertz CT molecular complexity index is 4270. The normalized spacial score (nSPS) is 13.7. The summed E-state index contributed by atoms with van der Waals surface area (Å²) in [5.41, 5.74) is 19.8. The molecule has 78 heavy (non-hydrogen) atoms. The first-order valence-corrected chi connectivity index (χ1v) is 27.0. The number of furan rings is 2. The number of rotatable bonds is 8. The molecule has 2 aromatic heterocycles. The third-order valence-electron chi connectivity index (χ3n) is 17.0. The van der Waals surface area contributed by atoms with Crippen molar-refractivity contribution in [1.29, 1.82) is 10.5 Å². The number of nitriles is 2. The molecule has 0 aliphatic heterocycles. The van der Waals surface area contributed by atoms with Crippen LogP contribution in [0.1, 0.15) is 109 Å². The van der Waals surface area contributed by atoms with E-state index in [9.17, 15) is 10.5 Å². The molecule has 6 nitrogen and oxygen atoms in total. The molecule has 0 unspecified atom stereocenters. The van der Waals surface area contributed by atoms with Crippen LogP contribution in [0.25, 0.3) is 55.0 Å². The third-order valence-corrected chi connectivity index (χ3v) is 17.0. The summed E-state index contributed by atoms with van der Waals surface area (Å²) >= 11 is 0. The summed E-state index contributed by atoms with van der Waals surface area (Å²) in [4.78, 5) is 4.45. The minimum atomic E-state index is -0.838. The minimum Gasteiger partial charge on any atom is -0.454 e. The van der Waals surface area contributed by atoms with Gasteiger partial charge in [-0.2, -0.15) is 10.5 Å². The molecule has 14 rings (SSSR count). The Morgan fingerprint density at radius 2 is 0.731 bits per heavy atom. The Morgan fingerprint density at radius 1 is 0.372 bits per heavy atom. The summed E-state index contributed by atoms with van der Waals surface area (Å²) in [7, 11) is 0. The van der Waals surface area contributed by atoms with Gasteiger partial charge in [-0.3, -0.25) is 0 Å². The summed E-state index contributed by atoms with van der Waals surface area (Å²) in [6, 6.07) is 78.1. The quantitative estimate of drug-likeness (QED) is 0.151. The first-order valence-electron chi connectivity index (χ1n) is 27.0. The van der Waals surface area contributed by atoms with Crippen LogP contribution in [0.4, 0.5) is 34.1 Å². The lowest BCUT2D eigenvalue weighted by Gasteiger charge is -2.47. The highest BCUT2D eigenvalue weighted by Gasteiger charge is 2.54. The smallest absolute Gasteiger partial charge is 0.159 e. The van der Waals surface area contributed by atoms with Crippen molar-refractivity contribution in [3.05, 3.63) is 262 Å². The largest absolute Gasteiger partial charge is 0.454 e. The lowest BCUT2D eigenvalue weighted by Crippen LogP contribution is -2.40. The van der Waals surface area contributed by atoms with Crippen LogP contribution in [0.15, 0.2) is 215 Å². The Hall–Kier alpha value is -9.62. The molecule has 0 amide bonds. The molecule has 2 heterocycles. The van der Waals surface area contributed by atoms with Crippen molar-refractivity contribution in [3.63, 3.8) is 0 Å². The van der Waals surface area contributed by atoms with Crippen LogP contribution >= 0.6 is 0 Å². The third kappa shape index (κ3) is 6.53. The van der Waals surface area contributed by atoms with Gasteiger partial charge in [0.2, 0.25) is 0 Å². The van der Waals surface area contributed by atoms with Crippen molar-refractivity contribution in [2.75, 3.05) is 9.80 Å². The molecule has 0 radical (unpaired) electrons. The van der Waals surface area contributed by atoms with E-state index >= 15 is 0 Å². The van der Waals surface area contributed by atoms with E-state index in [1.807, 2.05) is 48.5 Å².